The van der Waals surface area contributed by atoms with E-state index in [1.807, 2.05) is 31.9 Å². The summed E-state index contributed by atoms with van der Waals surface area (Å²) in [6.45, 7) is 19.3. The van der Waals surface area contributed by atoms with Crippen LogP contribution in [0.5, 0.6) is 0 Å². The van der Waals surface area contributed by atoms with Gasteiger partial charge in [-0.3, -0.25) is 4.68 Å². The van der Waals surface area contributed by atoms with Gasteiger partial charge in [0.05, 0.1) is 28.3 Å². The number of anilines is 1. The van der Waals surface area contributed by atoms with Crippen molar-refractivity contribution in [2.75, 3.05) is 44.2 Å². The van der Waals surface area contributed by atoms with E-state index in [1.54, 1.807) is 0 Å². The highest BCUT2D eigenvalue weighted by Crippen LogP contribution is 2.47. The second-order valence-electron chi connectivity index (χ2n) is 14.4. The number of hydrogen-bond acceptors (Lipinski definition) is 7. The number of nitrogens with zero attached hydrogens (tertiary/aromatic N) is 6. The van der Waals surface area contributed by atoms with Crippen LogP contribution in [-0.4, -0.2) is 81.0 Å². The van der Waals surface area contributed by atoms with E-state index in [0.717, 1.165) is 115 Å². The van der Waals surface area contributed by atoms with E-state index in [2.05, 4.69) is 53.3 Å². The number of carbonyl (C=O) groups excluding carboxylic acids is 1. The number of carbonyl (C=O) groups is 1. The number of nitrogens with one attached hydrogen (secondary N) is 1. The maximum Gasteiger partial charge on any atom is 0.410 e. The van der Waals surface area contributed by atoms with Crippen LogP contribution >= 0.6 is 11.6 Å². The minimum absolute atomic E-state index is 0.0613. The van der Waals surface area contributed by atoms with Crippen LogP contribution in [0.15, 0.2) is 12.3 Å². The smallest absolute Gasteiger partial charge is 0.410 e. The zero-order valence-corrected chi connectivity index (χ0v) is 29.5. The van der Waals surface area contributed by atoms with E-state index >= 15 is 0 Å². The first-order chi connectivity index (χ1) is 22.0. The van der Waals surface area contributed by atoms with Gasteiger partial charge in [0.25, 0.3) is 0 Å². The molecular formula is C35H52ClN7O3. The highest BCUT2D eigenvalue weighted by atomic mass is 35.5. The van der Waals surface area contributed by atoms with Crippen molar-refractivity contribution >= 4 is 34.4 Å². The van der Waals surface area contributed by atoms with Gasteiger partial charge in [-0.05, 0) is 91.2 Å². The third-order valence-electron chi connectivity index (χ3n) is 10.4. The van der Waals surface area contributed by atoms with E-state index in [1.165, 1.54) is 0 Å². The van der Waals surface area contributed by atoms with Crippen LogP contribution < -0.4 is 10.2 Å². The summed E-state index contributed by atoms with van der Waals surface area (Å²) < 4.78 is 16.1. The first kappa shape index (κ1) is 33.1. The Morgan fingerprint density at radius 3 is 2.48 bits per heavy atom. The van der Waals surface area contributed by atoms with Gasteiger partial charge in [0.15, 0.2) is 12.0 Å². The summed E-state index contributed by atoms with van der Waals surface area (Å²) in [5, 5.41) is 15.8. The Hall–Kier alpha value is -2.82. The Bertz CT molecular complexity index is 1560. The third-order valence-corrected chi connectivity index (χ3v) is 10.9. The molecule has 3 aliphatic rings. The molecule has 3 aliphatic heterocycles. The van der Waals surface area contributed by atoms with Crippen LogP contribution in [0, 0.1) is 13.8 Å². The van der Waals surface area contributed by atoms with Crippen molar-refractivity contribution in [3.05, 3.63) is 28.5 Å². The van der Waals surface area contributed by atoms with Gasteiger partial charge in [-0.2, -0.15) is 10.2 Å². The lowest BCUT2D eigenvalue weighted by Crippen LogP contribution is -2.61. The Morgan fingerprint density at radius 1 is 1.09 bits per heavy atom. The number of hydrogen-bond donors (Lipinski definition) is 1. The van der Waals surface area contributed by atoms with E-state index < -0.39 is 5.60 Å². The van der Waals surface area contributed by atoms with Crippen molar-refractivity contribution < 1.29 is 14.3 Å². The number of halogens is 1. The van der Waals surface area contributed by atoms with Gasteiger partial charge < -0.3 is 24.6 Å². The molecule has 11 heteroatoms. The quantitative estimate of drug-likeness (QED) is 0.296. The molecule has 0 saturated carbocycles. The van der Waals surface area contributed by atoms with Gasteiger partial charge in [-0.1, -0.05) is 25.4 Å². The van der Waals surface area contributed by atoms with Gasteiger partial charge in [0.1, 0.15) is 5.60 Å². The van der Waals surface area contributed by atoms with Crippen molar-refractivity contribution in [3.63, 3.8) is 0 Å². The summed E-state index contributed by atoms with van der Waals surface area (Å²) in [6.07, 6.45) is 8.46. The van der Waals surface area contributed by atoms with Crippen LogP contribution in [0.4, 0.5) is 10.6 Å². The SMILES string of the molecule is CCC1(CC)CNCCN1c1nn(C2CCN(C(=O)OC(C)(C)C)CC2)c(C)c1-c1c(Cl)c(C)cc2c1cnn2C1CCCCO1. The van der Waals surface area contributed by atoms with Crippen LogP contribution in [0.3, 0.4) is 0 Å². The zero-order chi connectivity index (χ0) is 32.8. The van der Waals surface area contributed by atoms with Crippen LogP contribution in [-0.2, 0) is 9.47 Å². The first-order valence-corrected chi connectivity index (χ1v) is 17.7. The number of aromatic nitrogens is 4. The number of benzene rings is 1. The van der Waals surface area contributed by atoms with Gasteiger partial charge in [-0.15, -0.1) is 0 Å². The van der Waals surface area contributed by atoms with E-state index in [0.29, 0.717) is 13.1 Å². The second-order valence-corrected chi connectivity index (χ2v) is 14.8. The average Bonchev–Trinajstić information content (AvgIpc) is 3.62. The van der Waals surface area contributed by atoms with Crippen molar-refractivity contribution in [2.45, 2.75) is 117 Å². The molecule has 0 spiro atoms. The molecule has 3 aromatic rings. The normalized spacial score (nSPS) is 21.3. The molecule has 10 nitrogen and oxygen atoms in total. The lowest BCUT2D eigenvalue weighted by Gasteiger charge is -2.47. The molecular weight excluding hydrogens is 602 g/mol. The molecule has 252 valence electrons. The number of piperazine rings is 1. The highest BCUT2D eigenvalue weighted by Gasteiger charge is 2.41. The number of amides is 1. The predicted octanol–water partition coefficient (Wildman–Crippen LogP) is 7.41. The van der Waals surface area contributed by atoms with Crippen molar-refractivity contribution in [3.8, 4) is 11.1 Å². The average molecular weight is 654 g/mol. The van der Waals surface area contributed by atoms with Gasteiger partial charge in [-0.25, -0.2) is 9.48 Å². The molecule has 3 saturated heterocycles. The molecule has 5 heterocycles. The summed E-state index contributed by atoms with van der Waals surface area (Å²) in [4.78, 5) is 17.2. The molecule has 2 aromatic heterocycles. The molecule has 1 atom stereocenters. The molecule has 3 fully saturated rings. The summed E-state index contributed by atoms with van der Waals surface area (Å²) in [5.41, 5.74) is 4.68. The fraction of sp³-hybridized carbons (Fsp3) is 0.686. The van der Waals surface area contributed by atoms with Crippen LogP contribution in [0.2, 0.25) is 5.02 Å². The maximum absolute atomic E-state index is 12.9. The largest absolute Gasteiger partial charge is 0.444 e. The Morgan fingerprint density at radius 2 is 1.83 bits per heavy atom. The third kappa shape index (κ3) is 6.01. The summed E-state index contributed by atoms with van der Waals surface area (Å²) in [7, 11) is 0. The molecule has 1 unspecified atom stereocenters. The molecule has 0 radical (unpaired) electrons. The second kappa shape index (κ2) is 13.0. The first-order valence-electron chi connectivity index (χ1n) is 17.3. The number of aryl methyl sites for hydroxylation is 1. The topological polar surface area (TPSA) is 89.7 Å². The van der Waals surface area contributed by atoms with Gasteiger partial charge >= 0.3 is 6.09 Å². The van der Waals surface area contributed by atoms with Gasteiger partial charge in [0.2, 0.25) is 0 Å². The lowest BCUT2D eigenvalue weighted by atomic mass is 9.87. The Kier molecular flexibility index (Phi) is 9.35. The minimum atomic E-state index is -0.514. The monoisotopic (exact) mass is 653 g/mol. The molecule has 1 N–H and O–H groups in total. The number of fused-ring (bicyclic) bond motifs is 1. The highest BCUT2D eigenvalue weighted by molar-refractivity contribution is 6.36. The Balaban J connectivity index is 1.47. The number of ether oxygens (including phenoxy) is 2. The number of likely N-dealkylation sites (tertiary alicyclic amines) is 1. The molecule has 46 heavy (non-hydrogen) atoms. The summed E-state index contributed by atoms with van der Waals surface area (Å²) >= 11 is 7.33. The van der Waals surface area contributed by atoms with Crippen molar-refractivity contribution in [1.29, 1.82) is 0 Å². The predicted molar refractivity (Wildman–Crippen MR) is 184 cm³/mol. The summed E-state index contributed by atoms with van der Waals surface area (Å²) in [5.74, 6) is 0.993. The standard InChI is InChI=1S/C35H52ClN7O3/c1-8-35(9-2)22-37-15-18-41(35)32-29(24(4)42(39-32)25-13-16-40(17-14-25)33(44)46-34(5,6)7)30-26-21-38-43(28-12-10-11-19-45-28)27(26)20-23(3)31(30)36/h20-21,25,28,37H,8-19,22H2,1-7H3. The van der Waals surface area contributed by atoms with Crippen molar-refractivity contribution in [1.82, 2.24) is 29.8 Å². The molecule has 1 aromatic carbocycles. The lowest BCUT2D eigenvalue weighted by molar-refractivity contribution is -0.0366. The van der Waals surface area contributed by atoms with E-state index in [9.17, 15) is 4.79 Å². The fourth-order valence-corrected chi connectivity index (χ4v) is 7.95. The van der Waals surface area contributed by atoms with Crippen LogP contribution in [0.1, 0.15) is 103 Å². The zero-order valence-electron chi connectivity index (χ0n) is 28.8. The Labute approximate surface area is 278 Å². The number of piperidine rings is 1. The molecule has 6 rings (SSSR count). The van der Waals surface area contributed by atoms with Crippen LogP contribution in [0.25, 0.3) is 22.0 Å². The maximum atomic E-state index is 12.9. The number of rotatable bonds is 6. The van der Waals surface area contributed by atoms with Gasteiger partial charge in [0, 0.05) is 61.5 Å². The molecule has 0 bridgehead atoms. The molecule has 0 aliphatic carbocycles. The van der Waals surface area contributed by atoms with E-state index in [4.69, 9.17) is 31.3 Å². The van der Waals surface area contributed by atoms with Crippen molar-refractivity contribution in [2.24, 2.45) is 0 Å². The fourth-order valence-electron chi connectivity index (χ4n) is 7.70. The minimum Gasteiger partial charge on any atom is -0.444 e. The summed E-state index contributed by atoms with van der Waals surface area (Å²) in [6, 6.07) is 2.31. The van der Waals surface area contributed by atoms with E-state index in [-0.39, 0.29) is 23.9 Å². The molecule has 1 amide bonds.